The van der Waals surface area contributed by atoms with Gasteiger partial charge in [-0.3, -0.25) is 9.59 Å². The van der Waals surface area contributed by atoms with Crippen molar-refractivity contribution in [3.05, 3.63) is 64.0 Å². The van der Waals surface area contributed by atoms with Crippen LogP contribution in [0.3, 0.4) is 0 Å². The van der Waals surface area contributed by atoms with Crippen LogP contribution >= 0.6 is 22.9 Å². The van der Waals surface area contributed by atoms with E-state index in [1.807, 2.05) is 24.3 Å². The molecule has 1 aliphatic rings. The van der Waals surface area contributed by atoms with Crippen LogP contribution in [0, 0.1) is 0 Å². The Morgan fingerprint density at radius 3 is 3.00 bits per heavy atom. The first-order chi connectivity index (χ1) is 14.0. The largest absolute Gasteiger partial charge is 0.486 e. The second-order valence-corrected chi connectivity index (χ2v) is 8.15. The smallest absolute Gasteiger partial charge is 0.244 e. The third kappa shape index (κ3) is 4.41. The molecule has 3 heterocycles. The van der Waals surface area contributed by atoms with Gasteiger partial charge in [-0.05, 0) is 42.8 Å². The summed E-state index contributed by atoms with van der Waals surface area (Å²) in [6.45, 7) is 1.93. The summed E-state index contributed by atoms with van der Waals surface area (Å²) in [5.41, 5.74) is 1.96. The van der Waals surface area contributed by atoms with Gasteiger partial charge in [-0.1, -0.05) is 11.6 Å². The van der Waals surface area contributed by atoms with Crippen molar-refractivity contribution in [2.45, 2.75) is 19.4 Å². The molecule has 0 fully saturated rings. The Kier molecular flexibility index (Phi) is 5.51. The molecule has 1 amide bonds. The summed E-state index contributed by atoms with van der Waals surface area (Å²) < 4.78 is 5.93. The predicted octanol–water partition coefficient (Wildman–Crippen LogP) is 4.13. The molecule has 4 rings (SSSR count). The minimum Gasteiger partial charge on any atom is -0.486 e. The van der Waals surface area contributed by atoms with Crippen LogP contribution in [0.5, 0.6) is 5.75 Å². The normalized spacial score (nSPS) is 15.3. The maximum absolute atomic E-state index is 12.0. The van der Waals surface area contributed by atoms with Crippen molar-refractivity contribution < 1.29 is 14.3 Å². The van der Waals surface area contributed by atoms with Crippen molar-refractivity contribution >= 4 is 40.7 Å². The zero-order valence-corrected chi connectivity index (χ0v) is 17.1. The third-order valence-electron chi connectivity index (χ3n) is 4.51. The van der Waals surface area contributed by atoms with E-state index in [0.717, 1.165) is 20.9 Å². The quantitative estimate of drug-likeness (QED) is 0.457. The summed E-state index contributed by atoms with van der Waals surface area (Å²) in [4.78, 5) is 32.2. The van der Waals surface area contributed by atoms with E-state index in [0.29, 0.717) is 29.6 Å². The molecule has 148 valence electrons. The number of imidazole rings is 1. The van der Waals surface area contributed by atoms with Gasteiger partial charge in [0, 0.05) is 35.3 Å². The highest BCUT2D eigenvalue weighted by molar-refractivity contribution is 7.17. The first kappa shape index (κ1) is 19.4. The number of ether oxygens (including phenoxy) is 1. The van der Waals surface area contributed by atoms with Crippen LogP contribution in [-0.4, -0.2) is 34.3 Å². The number of benzene rings is 1. The molecular formula is C21H18ClN3O3S. The van der Waals surface area contributed by atoms with E-state index in [-0.39, 0.29) is 17.8 Å². The van der Waals surface area contributed by atoms with Crippen LogP contribution in [0.4, 0.5) is 0 Å². The lowest BCUT2D eigenvalue weighted by molar-refractivity contribution is -0.116. The van der Waals surface area contributed by atoms with Gasteiger partial charge < -0.3 is 15.0 Å². The van der Waals surface area contributed by atoms with Gasteiger partial charge in [-0.2, -0.15) is 0 Å². The number of nitrogens with one attached hydrogen (secondary N) is 2. The summed E-state index contributed by atoms with van der Waals surface area (Å²) in [7, 11) is 0. The fourth-order valence-corrected chi connectivity index (χ4v) is 4.29. The number of carbonyl (C=O) groups is 2. The molecule has 1 atom stereocenters. The molecule has 29 heavy (non-hydrogen) atoms. The van der Waals surface area contributed by atoms with Crippen molar-refractivity contribution in [3.8, 4) is 16.2 Å². The number of nitrogens with zero attached hydrogens (tertiary/aromatic N) is 1. The molecule has 2 N–H and O–H groups in total. The Morgan fingerprint density at radius 2 is 2.28 bits per heavy atom. The molecule has 0 aliphatic carbocycles. The van der Waals surface area contributed by atoms with Crippen molar-refractivity contribution in [2.24, 2.45) is 0 Å². The van der Waals surface area contributed by atoms with Crippen LogP contribution in [0.15, 0.2) is 42.7 Å². The summed E-state index contributed by atoms with van der Waals surface area (Å²) in [5, 5.41) is 3.36. The molecule has 1 aliphatic heterocycles. The molecule has 0 saturated carbocycles. The van der Waals surface area contributed by atoms with E-state index >= 15 is 0 Å². The molecule has 0 radical (unpaired) electrons. The monoisotopic (exact) mass is 427 g/mol. The zero-order chi connectivity index (χ0) is 20.4. The number of hydrogen-bond donors (Lipinski definition) is 2. The summed E-state index contributed by atoms with van der Waals surface area (Å²) in [6, 6.07) is 7.64. The maximum Gasteiger partial charge on any atom is 0.244 e. The van der Waals surface area contributed by atoms with Crippen LogP contribution in [-0.2, 0) is 11.2 Å². The Hall–Kier alpha value is -2.90. The highest BCUT2D eigenvalue weighted by atomic mass is 35.5. The Bertz CT molecular complexity index is 1090. The topological polar surface area (TPSA) is 84.1 Å². The molecule has 2 aromatic heterocycles. The number of H-pyrrole nitrogens is 1. The average molecular weight is 428 g/mol. The molecule has 6 nitrogen and oxygen atoms in total. The standard InChI is InChI=1S/C21H18ClN3O3S/c1-12(26)17-2-3-18(29-17)13-8-14-9-15(28-21(14)16(22)10-13)11-25-20(27)5-4-19-23-6-7-24-19/h2-8,10,15H,9,11H2,1H3,(H,23,24)(H,25,27)/b5-4+. The molecule has 0 bridgehead atoms. The highest BCUT2D eigenvalue weighted by Gasteiger charge is 2.26. The third-order valence-corrected chi connectivity index (χ3v) is 6.02. The van der Waals surface area contributed by atoms with Crippen LogP contribution in [0.2, 0.25) is 5.02 Å². The number of Topliss-reactive ketones (excluding diaryl/α,β-unsaturated/α-hetero) is 1. The molecular weight excluding hydrogens is 410 g/mol. The Balaban J connectivity index is 1.40. The van der Waals surface area contributed by atoms with Crippen LogP contribution in [0.25, 0.3) is 16.5 Å². The lowest BCUT2D eigenvalue weighted by Crippen LogP contribution is -2.33. The van der Waals surface area contributed by atoms with E-state index in [1.165, 1.54) is 17.4 Å². The van der Waals surface area contributed by atoms with Gasteiger partial charge in [0.15, 0.2) is 5.78 Å². The number of fused-ring (bicyclic) bond motifs is 1. The molecule has 1 unspecified atom stereocenters. The van der Waals surface area contributed by atoms with Gasteiger partial charge in [0.05, 0.1) is 16.4 Å². The Labute approximate surface area is 176 Å². The number of halogens is 1. The van der Waals surface area contributed by atoms with Crippen molar-refractivity contribution in [1.29, 1.82) is 0 Å². The van der Waals surface area contributed by atoms with Gasteiger partial charge in [0.25, 0.3) is 0 Å². The van der Waals surface area contributed by atoms with E-state index in [2.05, 4.69) is 15.3 Å². The van der Waals surface area contributed by atoms with Gasteiger partial charge in [0.2, 0.25) is 5.91 Å². The summed E-state index contributed by atoms with van der Waals surface area (Å²) in [5.74, 6) is 1.10. The summed E-state index contributed by atoms with van der Waals surface area (Å²) >= 11 is 7.88. The maximum atomic E-state index is 12.0. The lowest BCUT2D eigenvalue weighted by Gasteiger charge is -2.11. The van der Waals surface area contributed by atoms with E-state index in [1.54, 1.807) is 25.4 Å². The second kappa shape index (κ2) is 8.23. The first-order valence-corrected chi connectivity index (χ1v) is 10.2. The van der Waals surface area contributed by atoms with Gasteiger partial charge in [-0.25, -0.2) is 4.98 Å². The number of carbonyl (C=O) groups excluding carboxylic acids is 2. The van der Waals surface area contributed by atoms with Crippen molar-refractivity contribution in [2.75, 3.05) is 6.54 Å². The second-order valence-electron chi connectivity index (χ2n) is 6.66. The number of aromatic amines is 1. The number of rotatable bonds is 6. The van der Waals surface area contributed by atoms with E-state index < -0.39 is 0 Å². The van der Waals surface area contributed by atoms with Gasteiger partial charge in [0.1, 0.15) is 17.7 Å². The average Bonchev–Trinajstić information content (AvgIpc) is 3.44. The number of ketones is 1. The molecule has 0 spiro atoms. The van der Waals surface area contributed by atoms with Crippen molar-refractivity contribution in [3.63, 3.8) is 0 Å². The highest BCUT2D eigenvalue weighted by Crippen LogP contribution is 2.41. The van der Waals surface area contributed by atoms with Crippen molar-refractivity contribution in [1.82, 2.24) is 15.3 Å². The number of hydrogen-bond acceptors (Lipinski definition) is 5. The first-order valence-electron chi connectivity index (χ1n) is 9.05. The minimum atomic E-state index is -0.219. The number of thiophene rings is 1. The Morgan fingerprint density at radius 1 is 1.41 bits per heavy atom. The van der Waals surface area contributed by atoms with Crippen LogP contribution in [0.1, 0.15) is 28.0 Å². The number of aromatic nitrogens is 2. The molecule has 3 aromatic rings. The lowest BCUT2D eigenvalue weighted by atomic mass is 10.1. The fourth-order valence-electron chi connectivity index (χ4n) is 3.12. The summed E-state index contributed by atoms with van der Waals surface area (Å²) in [6.07, 6.45) is 6.81. The zero-order valence-electron chi connectivity index (χ0n) is 15.6. The fraction of sp³-hybridized carbons (Fsp3) is 0.190. The van der Waals surface area contributed by atoms with Gasteiger partial charge in [-0.15, -0.1) is 11.3 Å². The SMILES string of the molecule is CC(=O)c1ccc(-c2cc(Cl)c3c(c2)CC(CNC(=O)/C=C/c2ncc[nH]2)O3)s1. The predicted molar refractivity (Wildman–Crippen MR) is 114 cm³/mol. The molecule has 8 heteroatoms. The molecule has 1 aromatic carbocycles. The minimum absolute atomic E-state index is 0.0498. The van der Waals surface area contributed by atoms with Crippen LogP contribution < -0.4 is 10.1 Å². The molecule has 0 saturated heterocycles. The number of amides is 1. The van der Waals surface area contributed by atoms with Gasteiger partial charge >= 0.3 is 0 Å². The van der Waals surface area contributed by atoms with E-state index in [4.69, 9.17) is 16.3 Å². The van der Waals surface area contributed by atoms with E-state index in [9.17, 15) is 9.59 Å².